The SMILES string of the molecule is CCNS(=O)(=O)c1ccc(C(=O)N(CC#N)Cc2ccccc2)cc1. The monoisotopic (exact) mass is 357 g/mol. The fourth-order valence-corrected chi connectivity index (χ4v) is 3.36. The zero-order valence-corrected chi connectivity index (χ0v) is 14.7. The molecular formula is C18H19N3O3S. The largest absolute Gasteiger partial charge is 0.321 e. The number of benzene rings is 2. The number of carbonyl (C=O) groups excluding carboxylic acids is 1. The summed E-state index contributed by atoms with van der Waals surface area (Å²) < 4.78 is 26.3. The van der Waals surface area contributed by atoms with Gasteiger partial charge in [0.15, 0.2) is 0 Å². The summed E-state index contributed by atoms with van der Waals surface area (Å²) >= 11 is 0. The van der Waals surface area contributed by atoms with Gasteiger partial charge in [-0.2, -0.15) is 5.26 Å². The van der Waals surface area contributed by atoms with E-state index in [2.05, 4.69) is 4.72 Å². The first-order chi connectivity index (χ1) is 12.0. The van der Waals surface area contributed by atoms with Gasteiger partial charge in [0.1, 0.15) is 6.54 Å². The second-order valence-corrected chi connectivity index (χ2v) is 7.10. The van der Waals surface area contributed by atoms with E-state index in [1.54, 1.807) is 6.92 Å². The van der Waals surface area contributed by atoms with Gasteiger partial charge in [-0.05, 0) is 29.8 Å². The molecule has 0 aliphatic rings. The number of nitriles is 1. The van der Waals surface area contributed by atoms with Crippen molar-refractivity contribution in [3.8, 4) is 6.07 Å². The van der Waals surface area contributed by atoms with Crippen LogP contribution in [0.4, 0.5) is 0 Å². The second-order valence-electron chi connectivity index (χ2n) is 5.33. The van der Waals surface area contributed by atoms with Gasteiger partial charge >= 0.3 is 0 Å². The number of nitrogens with one attached hydrogen (secondary N) is 1. The van der Waals surface area contributed by atoms with Gasteiger partial charge in [-0.25, -0.2) is 13.1 Å². The number of sulfonamides is 1. The lowest BCUT2D eigenvalue weighted by Crippen LogP contribution is -2.31. The number of carbonyl (C=O) groups is 1. The highest BCUT2D eigenvalue weighted by atomic mass is 32.2. The standard InChI is InChI=1S/C18H19N3O3S/c1-2-20-25(23,24)17-10-8-16(9-11-17)18(22)21(13-12-19)14-15-6-4-3-5-7-15/h3-11,20H,2,13-14H2,1H3. The molecule has 0 unspecified atom stereocenters. The molecule has 0 aromatic heterocycles. The van der Waals surface area contributed by atoms with Crippen LogP contribution in [0, 0.1) is 11.3 Å². The summed E-state index contributed by atoms with van der Waals surface area (Å²) in [6, 6.07) is 17.1. The van der Waals surface area contributed by atoms with E-state index in [1.165, 1.54) is 29.2 Å². The van der Waals surface area contributed by atoms with Crippen LogP contribution >= 0.6 is 0 Å². The van der Waals surface area contributed by atoms with Crippen molar-refractivity contribution in [3.05, 3.63) is 65.7 Å². The summed E-state index contributed by atoms with van der Waals surface area (Å²) in [6.07, 6.45) is 0. The van der Waals surface area contributed by atoms with E-state index in [1.807, 2.05) is 36.4 Å². The molecule has 0 heterocycles. The first-order valence-corrected chi connectivity index (χ1v) is 9.26. The smallest absolute Gasteiger partial charge is 0.255 e. The van der Waals surface area contributed by atoms with Crippen LogP contribution in [0.15, 0.2) is 59.5 Å². The van der Waals surface area contributed by atoms with Crippen LogP contribution in [0.1, 0.15) is 22.8 Å². The summed E-state index contributed by atoms with van der Waals surface area (Å²) in [5, 5.41) is 8.99. The third-order valence-corrected chi connectivity index (χ3v) is 5.07. The van der Waals surface area contributed by atoms with Gasteiger partial charge < -0.3 is 4.90 Å². The Morgan fingerprint density at radius 3 is 2.32 bits per heavy atom. The van der Waals surface area contributed by atoms with E-state index in [0.717, 1.165) is 5.56 Å². The molecule has 0 saturated carbocycles. The summed E-state index contributed by atoms with van der Waals surface area (Å²) in [5.41, 5.74) is 1.25. The molecule has 1 amide bonds. The predicted molar refractivity (Wildman–Crippen MR) is 94.1 cm³/mol. The molecule has 130 valence electrons. The topological polar surface area (TPSA) is 90.3 Å². The molecular weight excluding hydrogens is 338 g/mol. The van der Waals surface area contributed by atoms with Crippen LogP contribution in [-0.4, -0.2) is 32.3 Å². The highest BCUT2D eigenvalue weighted by molar-refractivity contribution is 7.89. The molecule has 2 aromatic carbocycles. The average molecular weight is 357 g/mol. The van der Waals surface area contributed by atoms with Crippen molar-refractivity contribution in [2.45, 2.75) is 18.4 Å². The minimum atomic E-state index is -3.56. The Bertz CT molecular complexity index is 857. The molecule has 2 aromatic rings. The van der Waals surface area contributed by atoms with Gasteiger partial charge in [-0.3, -0.25) is 4.79 Å². The maximum atomic E-state index is 12.6. The molecule has 0 radical (unpaired) electrons. The Balaban J connectivity index is 2.20. The summed E-state index contributed by atoms with van der Waals surface area (Å²) in [4.78, 5) is 14.2. The number of amides is 1. The van der Waals surface area contributed by atoms with Gasteiger partial charge in [0, 0.05) is 18.7 Å². The number of nitrogens with zero attached hydrogens (tertiary/aromatic N) is 2. The fourth-order valence-electron chi connectivity index (χ4n) is 2.32. The van der Waals surface area contributed by atoms with Gasteiger partial charge in [-0.1, -0.05) is 37.3 Å². The van der Waals surface area contributed by atoms with Crippen molar-refractivity contribution in [1.82, 2.24) is 9.62 Å². The first-order valence-electron chi connectivity index (χ1n) is 7.78. The van der Waals surface area contributed by atoms with E-state index >= 15 is 0 Å². The van der Waals surface area contributed by atoms with Gasteiger partial charge in [0.25, 0.3) is 5.91 Å². The lowest BCUT2D eigenvalue weighted by molar-refractivity contribution is 0.0765. The molecule has 0 spiro atoms. The van der Waals surface area contributed by atoms with E-state index in [0.29, 0.717) is 12.1 Å². The molecule has 0 bridgehead atoms. The molecule has 0 saturated heterocycles. The third-order valence-electron chi connectivity index (χ3n) is 3.51. The molecule has 2 rings (SSSR count). The van der Waals surface area contributed by atoms with Crippen molar-refractivity contribution < 1.29 is 13.2 Å². The Labute approximate surface area is 147 Å². The zero-order valence-electron chi connectivity index (χ0n) is 13.8. The van der Waals surface area contributed by atoms with Crippen LogP contribution in [0.2, 0.25) is 0 Å². The lowest BCUT2D eigenvalue weighted by Gasteiger charge is -2.20. The van der Waals surface area contributed by atoms with Gasteiger partial charge in [0.2, 0.25) is 10.0 Å². The molecule has 1 N–H and O–H groups in total. The van der Waals surface area contributed by atoms with Crippen molar-refractivity contribution in [2.24, 2.45) is 0 Å². The summed E-state index contributed by atoms with van der Waals surface area (Å²) in [6.45, 7) is 2.24. The van der Waals surface area contributed by atoms with Crippen molar-refractivity contribution in [3.63, 3.8) is 0 Å². The Hall–Kier alpha value is -2.69. The first kappa shape index (κ1) is 18.6. The predicted octanol–water partition coefficient (Wildman–Crippen LogP) is 2.15. The minimum absolute atomic E-state index is 0.0504. The molecule has 0 aliphatic heterocycles. The average Bonchev–Trinajstić information content (AvgIpc) is 2.62. The van der Waals surface area contributed by atoms with E-state index in [9.17, 15) is 13.2 Å². The number of hydrogen-bond acceptors (Lipinski definition) is 4. The number of hydrogen-bond donors (Lipinski definition) is 1. The maximum Gasteiger partial charge on any atom is 0.255 e. The van der Waals surface area contributed by atoms with Crippen LogP contribution in [0.5, 0.6) is 0 Å². The molecule has 0 atom stereocenters. The van der Waals surface area contributed by atoms with Crippen molar-refractivity contribution >= 4 is 15.9 Å². The van der Waals surface area contributed by atoms with Crippen LogP contribution in [-0.2, 0) is 16.6 Å². The fraction of sp³-hybridized carbons (Fsp3) is 0.222. The van der Waals surface area contributed by atoms with E-state index in [-0.39, 0.29) is 23.9 Å². The zero-order chi connectivity index (χ0) is 18.3. The highest BCUT2D eigenvalue weighted by Crippen LogP contribution is 2.14. The van der Waals surface area contributed by atoms with Gasteiger partial charge in [-0.15, -0.1) is 0 Å². The number of rotatable bonds is 7. The summed E-state index contributed by atoms with van der Waals surface area (Å²) in [7, 11) is -3.56. The lowest BCUT2D eigenvalue weighted by atomic mass is 10.1. The molecule has 6 nitrogen and oxygen atoms in total. The van der Waals surface area contributed by atoms with Crippen molar-refractivity contribution in [1.29, 1.82) is 5.26 Å². The quantitative estimate of drug-likeness (QED) is 0.769. The van der Waals surface area contributed by atoms with E-state index < -0.39 is 10.0 Å². The van der Waals surface area contributed by atoms with Crippen LogP contribution < -0.4 is 4.72 Å². The van der Waals surface area contributed by atoms with E-state index in [4.69, 9.17) is 5.26 Å². The Morgan fingerprint density at radius 1 is 1.12 bits per heavy atom. The van der Waals surface area contributed by atoms with Crippen LogP contribution in [0.3, 0.4) is 0 Å². The van der Waals surface area contributed by atoms with Gasteiger partial charge in [0.05, 0.1) is 11.0 Å². The Kier molecular flexibility index (Phi) is 6.28. The minimum Gasteiger partial charge on any atom is -0.321 e. The Morgan fingerprint density at radius 2 is 1.76 bits per heavy atom. The maximum absolute atomic E-state index is 12.6. The normalized spacial score (nSPS) is 10.9. The van der Waals surface area contributed by atoms with Crippen LogP contribution in [0.25, 0.3) is 0 Å². The van der Waals surface area contributed by atoms with Crippen molar-refractivity contribution in [2.75, 3.05) is 13.1 Å². The molecule has 25 heavy (non-hydrogen) atoms. The second kappa shape index (κ2) is 8.42. The summed E-state index contributed by atoms with van der Waals surface area (Å²) in [5.74, 6) is -0.321. The molecule has 7 heteroatoms. The molecule has 0 fully saturated rings. The molecule has 0 aliphatic carbocycles. The third kappa shape index (κ3) is 4.89. The highest BCUT2D eigenvalue weighted by Gasteiger charge is 2.18.